The van der Waals surface area contributed by atoms with Crippen LogP contribution in [0.1, 0.15) is 169 Å². The van der Waals surface area contributed by atoms with Crippen molar-refractivity contribution in [1.29, 1.82) is 0 Å². The summed E-state index contributed by atoms with van der Waals surface area (Å²) in [6.45, 7) is 39.5. The molecule has 0 aliphatic carbocycles. The van der Waals surface area contributed by atoms with Gasteiger partial charge in [0.15, 0.2) is 0 Å². The Bertz CT molecular complexity index is 1320. The van der Waals surface area contributed by atoms with Crippen molar-refractivity contribution >= 4 is 7.82 Å². The predicted molar refractivity (Wildman–Crippen MR) is 177 cm³/mol. The number of hydrogen-bond donors (Lipinski definition) is 0. The van der Waals surface area contributed by atoms with Crippen LogP contribution >= 0.6 is 7.82 Å². The summed E-state index contributed by atoms with van der Waals surface area (Å²) < 4.78 is 26.2. The van der Waals surface area contributed by atoms with E-state index in [0.29, 0.717) is 17.9 Å². The molecule has 1 heterocycles. The van der Waals surface area contributed by atoms with E-state index in [1.165, 1.54) is 11.1 Å². The van der Waals surface area contributed by atoms with Gasteiger partial charge in [-0.05, 0) is 65.9 Å². The SMILES string of the molecule is CC(C)(C)c1cc2c(c(C(C)(C)C)c1C(C)(C)C)OP(=O)([O-])Oc1c(cc(C(C)(C)C)c(C(C)(C)C)c1C(C)(C)C)C2.[Na+]. The minimum Gasteiger partial charge on any atom is -0.736 e. The Balaban J connectivity index is 0.00000645. The molecule has 0 aromatic heterocycles. The van der Waals surface area contributed by atoms with Gasteiger partial charge in [-0.2, -0.15) is 0 Å². The molecule has 0 saturated heterocycles. The summed E-state index contributed by atoms with van der Waals surface area (Å²) in [5, 5.41) is 0. The van der Waals surface area contributed by atoms with Crippen molar-refractivity contribution in [2.75, 3.05) is 0 Å². The van der Waals surface area contributed by atoms with Gasteiger partial charge < -0.3 is 13.9 Å². The monoisotopic (exact) mass is 620 g/mol. The van der Waals surface area contributed by atoms with E-state index in [-0.39, 0.29) is 62.0 Å². The Morgan fingerprint density at radius 3 is 0.977 bits per heavy atom. The summed E-state index contributed by atoms with van der Waals surface area (Å²) in [5.41, 5.74) is 6.86. The standard InChI is InChI=1S/C37H59O4P.Na/c1-32(2,3)24-20-22-19-23-21-25(33(4,5)6)27(35(10,11)12)29(37(16,17)18)31(23)41-42(38,39)40-30(22)28(36(13,14)15)26(24)34(7,8)9;/h20-21H,19H2,1-18H3,(H,38,39);/q;+1/p-1. The first kappa shape index (κ1) is 38.4. The first-order chi connectivity index (χ1) is 18.4. The van der Waals surface area contributed by atoms with Crippen LogP contribution in [0.25, 0.3) is 0 Å². The zero-order valence-electron chi connectivity index (χ0n) is 30.9. The third-order valence-corrected chi connectivity index (χ3v) is 8.93. The Morgan fingerprint density at radius 2 is 0.767 bits per heavy atom. The van der Waals surface area contributed by atoms with Crippen LogP contribution < -0.4 is 43.5 Å². The van der Waals surface area contributed by atoms with E-state index in [1.54, 1.807) is 0 Å². The zero-order chi connectivity index (χ0) is 32.8. The van der Waals surface area contributed by atoms with Gasteiger partial charge >= 0.3 is 37.4 Å². The fraction of sp³-hybridized carbons (Fsp3) is 0.676. The minimum atomic E-state index is -4.82. The first-order valence-corrected chi connectivity index (χ1v) is 17.0. The molecule has 0 saturated carbocycles. The third-order valence-electron chi connectivity index (χ3n) is 8.12. The summed E-state index contributed by atoms with van der Waals surface area (Å²) >= 11 is 0. The Morgan fingerprint density at radius 1 is 0.512 bits per heavy atom. The van der Waals surface area contributed by atoms with Crippen LogP contribution in [0.15, 0.2) is 12.1 Å². The molecule has 4 nitrogen and oxygen atoms in total. The number of hydrogen-bond acceptors (Lipinski definition) is 4. The molecule has 6 heteroatoms. The number of benzene rings is 2. The van der Waals surface area contributed by atoms with Crippen LogP contribution in [-0.2, 0) is 43.5 Å². The van der Waals surface area contributed by atoms with E-state index >= 15 is 0 Å². The molecule has 236 valence electrons. The second-order valence-corrected chi connectivity index (χ2v) is 19.9. The summed E-state index contributed by atoms with van der Waals surface area (Å²) in [4.78, 5) is 14.0. The van der Waals surface area contributed by atoms with Gasteiger partial charge in [0.25, 0.3) is 0 Å². The molecule has 1 aliphatic heterocycles. The predicted octanol–water partition coefficient (Wildman–Crippen LogP) is 7.31. The van der Waals surface area contributed by atoms with E-state index < -0.39 is 7.82 Å². The number of fused-ring (bicyclic) bond motifs is 2. The average molecular weight is 621 g/mol. The van der Waals surface area contributed by atoms with Crippen LogP contribution in [-0.4, -0.2) is 0 Å². The molecular weight excluding hydrogens is 562 g/mol. The van der Waals surface area contributed by atoms with Crippen molar-refractivity contribution in [3.05, 3.63) is 56.6 Å². The van der Waals surface area contributed by atoms with Gasteiger partial charge in [0.2, 0.25) is 0 Å². The van der Waals surface area contributed by atoms with Crippen LogP contribution in [0.5, 0.6) is 11.5 Å². The molecule has 2 aromatic rings. The number of phosphoric ester groups is 1. The molecule has 0 radical (unpaired) electrons. The molecule has 1 aliphatic rings. The van der Waals surface area contributed by atoms with Crippen LogP contribution in [0.2, 0.25) is 0 Å². The van der Waals surface area contributed by atoms with Gasteiger partial charge in [-0.25, -0.2) is 4.57 Å². The maximum Gasteiger partial charge on any atom is 1.00 e. The molecule has 0 bridgehead atoms. The second kappa shape index (κ2) is 11.5. The second-order valence-electron chi connectivity index (χ2n) is 18.6. The largest absolute Gasteiger partial charge is 1.00 e. The molecule has 0 N–H and O–H groups in total. The third kappa shape index (κ3) is 7.97. The molecule has 2 aromatic carbocycles. The van der Waals surface area contributed by atoms with Gasteiger partial charge in [-0.1, -0.05) is 137 Å². The number of rotatable bonds is 0. The minimum absolute atomic E-state index is 0. The van der Waals surface area contributed by atoms with Crippen molar-refractivity contribution < 1.29 is 48.1 Å². The van der Waals surface area contributed by atoms with Crippen molar-refractivity contribution in [2.45, 2.75) is 164 Å². The van der Waals surface area contributed by atoms with E-state index in [4.69, 9.17) is 9.05 Å². The molecule has 0 fully saturated rings. The van der Waals surface area contributed by atoms with Crippen molar-refractivity contribution in [1.82, 2.24) is 0 Å². The molecule has 0 spiro atoms. The van der Waals surface area contributed by atoms with E-state index in [1.807, 2.05) is 0 Å². The summed E-state index contributed by atoms with van der Waals surface area (Å²) in [5.74, 6) is 0.859. The van der Waals surface area contributed by atoms with Crippen LogP contribution in [0, 0.1) is 0 Å². The Kier molecular flexibility index (Phi) is 10.3. The smallest absolute Gasteiger partial charge is 0.736 e. The van der Waals surface area contributed by atoms with Gasteiger partial charge in [-0.3, -0.25) is 0 Å². The van der Waals surface area contributed by atoms with E-state index in [9.17, 15) is 9.46 Å². The molecule has 0 atom stereocenters. The topological polar surface area (TPSA) is 58.6 Å². The van der Waals surface area contributed by atoms with Gasteiger partial charge in [-0.15, -0.1) is 0 Å². The first-order valence-electron chi connectivity index (χ1n) is 15.5. The maximum atomic E-state index is 14.0. The average Bonchev–Trinajstić information content (AvgIpc) is 2.68. The van der Waals surface area contributed by atoms with Crippen LogP contribution in [0.4, 0.5) is 0 Å². The summed E-state index contributed by atoms with van der Waals surface area (Å²) in [7, 11) is -4.82. The maximum absolute atomic E-state index is 14.0. The molecule has 43 heavy (non-hydrogen) atoms. The van der Waals surface area contributed by atoms with Crippen molar-refractivity contribution in [3.63, 3.8) is 0 Å². The number of phosphoric acid groups is 1. The Labute approximate surface area is 286 Å². The van der Waals surface area contributed by atoms with Gasteiger partial charge in [0.1, 0.15) is 11.5 Å². The zero-order valence-corrected chi connectivity index (χ0v) is 33.8. The molecule has 0 unspecified atom stereocenters. The van der Waals surface area contributed by atoms with E-state index in [0.717, 1.165) is 33.4 Å². The summed E-state index contributed by atoms with van der Waals surface area (Å²) in [6.07, 6.45) is 0.512. The molecule has 0 amide bonds. The fourth-order valence-electron chi connectivity index (χ4n) is 6.53. The molecule has 3 rings (SSSR count). The quantitative estimate of drug-likeness (QED) is 0.229. The normalized spacial score (nSPS) is 16.2. The van der Waals surface area contributed by atoms with Crippen molar-refractivity contribution in [3.8, 4) is 11.5 Å². The van der Waals surface area contributed by atoms with Crippen LogP contribution in [0.3, 0.4) is 0 Å². The fourth-order valence-corrected chi connectivity index (χ4v) is 7.43. The van der Waals surface area contributed by atoms with Gasteiger partial charge in [0.05, 0.1) is 0 Å². The summed E-state index contributed by atoms with van der Waals surface area (Å²) in [6, 6.07) is 4.43. The molecular formula is C37H58NaO4P. The van der Waals surface area contributed by atoms with Gasteiger partial charge in [0, 0.05) is 17.5 Å². The van der Waals surface area contributed by atoms with Crippen molar-refractivity contribution in [2.24, 2.45) is 0 Å². The van der Waals surface area contributed by atoms with E-state index in [2.05, 4.69) is 137 Å². The Hall–Kier alpha value is -0.770.